The lowest BCUT2D eigenvalue weighted by atomic mass is 10.1. The van der Waals surface area contributed by atoms with Crippen molar-refractivity contribution in [3.8, 4) is 0 Å². The van der Waals surface area contributed by atoms with Crippen molar-refractivity contribution >= 4 is 29.2 Å². The van der Waals surface area contributed by atoms with Crippen LogP contribution in [0.4, 0.5) is 5.69 Å². The molecule has 0 unspecified atom stereocenters. The van der Waals surface area contributed by atoms with Crippen molar-refractivity contribution in [2.24, 2.45) is 10.9 Å². The molecule has 1 fully saturated rings. The van der Waals surface area contributed by atoms with Crippen molar-refractivity contribution in [3.63, 3.8) is 0 Å². The molecule has 2 aromatic carbocycles. The number of amidine groups is 1. The van der Waals surface area contributed by atoms with Gasteiger partial charge < -0.3 is 10.2 Å². The molecule has 4 rings (SSSR count). The summed E-state index contributed by atoms with van der Waals surface area (Å²) >= 11 is 1.69. The van der Waals surface area contributed by atoms with Gasteiger partial charge in [0.15, 0.2) is 0 Å². The number of carbonyl (C=O) groups is 1. The summed E-state index contributed by atoms with van der Waals surface area (Å²) in [6.45, 7) is 8.26. The first kappa shape index (κ1) is 19.9. The molecule has 1 saturated heterocycles. The summed E-state index contributed by atoms with van der Waals surface area (Å²) in [6, 6.07) is 14.0. The smallest absolute Gasteiger partial charge is 0.274 e. The van der Waals surface area contributed by atoms with Crippen molar-refractivity contribution < 1.29 is 9.63 Å². The maximum atomic E-state index is 12.5. The Bertz CT molecular complexity index is 923. The molecule has 7 heteroatoms. The standard InChI is InChI=1S/C22H26N4O2S/c1-15(2)14-28-25-22(27)16-7-8-20-18(13-16)24-21(26-11-9-23-10-12-26)17-5-3-4-6-19(17)29-20/h3-8,13,15,23H,9-12,14H2,1-2H3,(H,25,27). The van der Waals surface area contributed by atoms with E-state index in [4.69, 9.17) is 9.83 Å². The molecule has 2 aliphatic rings. The Morgan fingerprint density at radius 3 is 2.79 bits per heavy atom. The van der Waals surface area contributed by atoms with E-state index < -0.39 is 0 Å². The molecule has 2 heterocycles. The van der Waals surface area contributed by atoms with Gasteiger partial charge in [-0.2, -0.15) is 0 Å². The van der Waals surface area contributed by atoms with Crippen LogP contribution in [0.2, 0.25) is 0 Å². The fourth-order valence-electron chi connectivity index (χ4n) is 3.32. The van der Waals surface area contributed by atoms with Crippen LogP contribution in [-0.2, 0) is 4.84 Å². The highest BCUT2D eigenvalue weighted by Crippen LogP contribution is 2.41. The number of hydrogen-bond donors (Lipinski definition) is 2. The van der Waals surface area contributed by atoms with Gasteiger partial charge in [0.25, 0.3) is 5.91 Å². The second-order valence-electron chi connectivity index (χ2n) is 7.59. The van der Waals surface area contributed by atoms with Gasteiger partial charge in [0.1, 0.15) is 5.84 Å². The zero-order valence-corrected chi connectivity index (χ0v) is 17.6. The first-order valence-electron chi connectivity index (χ1n) is 9.99. The maximum Gasteiger partial charge on any atom is 0.274 e. The van der Waals surface area contributed by atoms with Gasteiger partial charge in [0.2, 0.25) is 0 Å². The van der Waals surface area contributed by atoms with Gasteiger partial charge in [-0.05, 0) is 30.2 Å². The van der Waals surface area contributed by atoms with Crippen LogP contribution in [-0.4, -0.2) is 49.4 Å². The van der Waals surface area contributed by atoms with Crippen LogP contribution in [0.25, 0.3) is 0 Å². The van der Waals surface area contributed by atoms with Gasteiger partial charge in [-0.15, -0.1) is 0 Å². The number of nitrogens with one attached hydrogen (secondary N) is 2. The molecule has 29 heavy (non-hydrogen) atoms. The van der Waals surface area contributed by atoms with Gasteiger partial charge in [0, 0.05) is 47.1 Å². The number of hydrogen-bond acceptors (Lipinski definition) is 6. The summed E-state index contributed by atoms with van der Waals surface area (Å²) in [7, 11) is 0. The zero-order chi connectivity index (χ0) is 20.2. The second kappa shape index (κ2) is 8.98. The van der Waals surface area contributed by atoms with E-state index in [9.17, 15) is 4.79 Å². The molecule has 152 valence electrons. The number of fused-ring (bicyclic) bond motifs is 2. The van der Waals surface area contributed by atoms with Gasteiger partial charge in [-0.1, -0.05) is 43.8 Å². The van der Waals surface area contributed by atoms with Gasteiger partial charge in [0.05, 0.1) is 12.3 Å². The third-order valence-electron chi connectivity index (χ3n) is 4.79. The molecule has 0 aromatic heterocycles. The zero-order valence-electron chi connectivity index (χ0n) is 16.8. The minimum Gasteiger partial charge on any atom is -0.354 e. The Kier molecular flexibility index (Phi) is 6.18. The van der Waals surface area contributed by atoms with E-state index in [-0.39, 0.29) is 5.91 Å². The number of aliphatic imine (C=N–C) groups is 1. The Morgan fingerprint density at radius 1 is 1.21 bits per heavy atom. The highest BCUT2D eigenvalue weighted by molar-refractivity contribution is 7.99. The molecule has 0 radical (unpaired) electrons. The lowest BCUT2D eigenvalue weighted by Gasteiger charge is -2.30. The fourth-order valence-corrected chi connectivity index (χ4v) is 4.31. The van der Waals surface area contributed by atoms with Crippen molar-refractivity contribution in [1.29, 1.82) is 0 Å². The highest BCUT2D eigenvalue weighted by Gasteiger charge is 2.23. The minimum absolute atomic E-state index is 0.251. The number of nitrogens with zero attached hydrogens (tertiary/aromatic N) is 2. The number of carbonyl (C=O) groups excluding carboxylic acids is 1. The minimum atomic E-state index is -0.251. The van der Waals surface area contributed by atoms with Crippen LogP contribution in [0, 0.1) is 5.92 Å². The lowest BCUT2D eigenvalue weighted by molar-refractivity contribution is 0.0208. The molecule has 6 nitrogen and oxygen atoms in total. The van der Waals surface area contributed by atoms with E-state index in [0.29, 0.717) is 18.1 Å². The number of benzene rings is 2. The van der Waals surface area contributed by atoms with E-state index in [1.165, 1.54) is 4.90 Å². The molecule has 2 aromatic rings. The summed E-state index contributed by atoms with van der Waals surface area (Å²) in [4.78, 5) is 27.4. The lowest BCUT2D eigenvalue weighted by Crippen LogP contribution is -2.46. The highest BCUT2D eigenvalue weighted by atomic mass is 32.2. The molecule has 0 atom stereocenters. The Hall–Kier alpha value is -2.35. The van der Waals surface area contributed by atoms with E-state index in [2.05, 4.69) is 40.0 Å². The summed E-state index contributed by atoms with van der Waals surface area (Å²) in [6.07, 6.45) is 0. The molecular formula is C22H26N4O2S. The van der Waals surface area contributed by atoms with E-state index in [1.807, 2.05) is 32.0 Å². The van der Waals surface area contributed by atoms with Crippen LogP contribution in [0.1, 0.15) is 29.8 Å². The van der Waals surface area contributed by atoms with Crippen molar-refractivity contribution in [3.05, 3.63) is 53.6 Å². The van der Waals surface area contributed by atoms with E-state index >= 15 is 0 Å². The predicted octanol–water partition coefficient (Wildman–Crippen LogP) is 3.45. The van der Waals surface area contributed by atoms with Gasteiger partial charge in [-0.3, -0.25) is 9.63 Å². The molecule has 2 aliphatic heterocycles. The largest absolute Gasteiger partial charge is 0.354 e. The fraction of sp³-hybridized carbons (Fsp3) is 0.364. The molecule has 0 aliphatic carbocycles. The van der Waals surface area contributed by atoms with Crippen LogP contribution in [0.3, 0.4) is 0 Å². The Morgan fingerprint density at radius 2 is 2.00 bits per heavy atom. The Balaban J connectivity index is 1.67. The first-order valence-corrected chi connectivity index (χ1v) is 10.8. The van der Waals surface area contributed by atoms with Crippen molar-refractivity contribution in [2.45, 2.75) is 23.6 Å². The summed E-state index contributed by atoms with van der Waals surface area (Å²) in [5.74, 6) is 1.07. The third kappa shape index (κ3) is 4.63. The average Bonchev–Trinajstić information content (AvgIpc) is 2.90. The average molecular weight is 411 g/mol. The molecule has 1 amide bonds. The topological polar surface area (TPSA) is 66.0 Å². The maximum absolute atomic E-state index is 12.5. The summed E-state index contributed by atoms with van der Waals surface area (Å²) in [5.41, 5.74) is 5.03. The van der Waals surface area contributed by atoms with Crippen LogP contribution < -0.4 is 10.8 Å². The van der Waals surface area contributed by atoms with E-state index in [1.54, 1.807) is 11.8 Å². The Labute approximate surface area is 175 Å². The quantitative estimate of drug-likeness (QED) is 0.756. The second-order valence-corrected chi connectivity index (χ2v) is 8.67. The number of rotatable bonds is 4. The predicted molar refractivity (Wildman–Crippen MR) is 116 cm³/mol. The van der Waals surface area contributed by atoms with E-state index in [0.717, 1.165) is 48.2 Å². The SMILES string of the molecule is CC(C)CONC(=O)c1ccc2c(c1)N=C(N1CCNCC1)c1ccccc1S2. The normalized spacial score (nSPS) is 16.0. The van der Waals surface area contributed by atoms with Crippen LogP contribution in [0.5, 0.6) is 0 Å². The van der Waals surface area contributed by atoms with Gasteiger partial charge in [-0.25, -0.2) is 10.5 Å². The summed E-state index contributed by atoms with van der Waals surface area (Å²) in [5, 5.41) is 3.40. The molecule has 0 bridgehead atoms. The molecule has 0 spiro atoms. The van der Waals surface area contributed by atoms with Crippen molar-refractivity contribution in [2.75, 3.05) is 32.8 Å². The number of amides is 1. The molecule has 0 saturated carbocycles. The van der Waals surface area contributed by atoms with Crippen LogP contribution in [0.15, 0.2) is 57.2 Å². The van der Waals surface area contributed by atoms with Crippen LogP contribution >= 0.6 is 11.8 Å². The number of piperazine rings is 1. The summed E-state index contributed by atoms with van der Waals surface area (Å²) < 4.78 is 0. The van der Waals surface area contributed by atoms with Crippen molar-refractivity contribution in [1.82, 2.24) is 15.7 Å². The first-order chi connectivity index (χ1) is 14.1. The molecule has 2 N–H and O–H groups in total. The third-order valence-corrected chi connectivity index (χ3v) is 5.93. The number of hydroxylamine groups is 1. The molecular weight excluding hydrogens is 384 g/mol. The van der Waals surface area contributed by atoms with Gasteiger partial charge >= 0.3 is 0 Å². The monoisotopic (exact) mass is 410 g/mol.